The molecule has 9 nitrogen and oxygen atoms in total. The third-order valence-electron chi connectivity index (χ3n) is 3.38. The van der Waals surface area contributed by atoms with Gasteiger partial charge < -0.3 is 15.0 Å². The van der Waals surface area contributed by atoms with Crippen molar-refractivity contribution in [3.05, 3.63) is 46.8 Å². The normalized spacial score (nSPS) is 11.3. The fourth-order valence-corrected chi connectivity index (χ4v) is 3.82. The molecule has 0 aliphatic rings. The molecule has 0 radical (unpaired) electrons. The number of nitrogens with one attached hydrogen (secondary N) is 1. The van der Waals surface area contributed by atoms with Crippen molar-refractivity contribution >= 4 is 50.5 Å². The number of nitrogens with zero attached hydrogens (tertiary/aromatic N) is 4. The molecule has 1 aromatic carbocycles. The summed E-state index contributed by atoms with van der Waals surface area (Å²) in [5.41, 5.74) is 1.20. The summed E-state index contributed by atoms with van der Waals surface area (Å²) in [7, 11) is -3.85. The third-order valence-corrected chi connectivity index (χ3v) is 4.88. The largest absolute Gasteiger partial charge is 0.435 e. The summed E-state index contributed by atoms with van der Waals surface area (Å²) in [5.74, 6) is -0.275. The van der Waals surface area contributed by atoms with Crippen molar-refractivity contribution in [3.63, 3.8) is 0 Å². The van der Waals surface area contributed by atoms with E-state index in [9.17, 15) is 18.5 Å². The number of sulfonamides is 1. The van der Waals surface area contributed by atoms with Crippen LogP contribution in [0.15, 0.2) is 36.7 Å². The van der Waals surface area contributed by atoms with Crippen LogP contribution in [0.2, 0.25) is 0 Å². The van der Waals surface area contributed by atoms with Gasteiger partial charge in [-0.25, -0.2) is 13.0 Å². The standard InChI is InChI=1S/C14H17Cl2N5O4S/c15-5-8-19(9-6-16)13-3-1-12(2-4-13)18-26(24,25)11-20-10-7-17-14(20)21(22)23/h1-4,7,10,18H,5-6,8-9,11H2. The van der Waals surface area contributed by atoms with Gasteiger partial charge in [0.1, 0.15) is 12.4 Å². The van der Waals surface area contributed by atoms with Crippen molar-refractivity contribution in [2.24, 2.45) is 0 Å². The number of imidazole rings is 1. The average molecular weight is 422 g/mol. The number of rotatable bonds is 10. The van der Waals surface area contributed by atoms with E-state index in [0.717, 1.165) is 10.3 Å². The van der Waals surface area contributed by atoms with Crippen molar-refractivity contribution in [2.75, 3.05) is 34.5 Å². The number of anilines is 2. The smallest absolute Gasteiger partial charge is 0.390 e. The van der Waals surface area contributed by atoms with E-state index in [2.05, 4.69) is 9.71 Å². The summed E-state index contributed by atoms with van der Waals surface area (Å²) in [6, 6.07) is 6.70. The minimum Gasteiger partial charge on any atom is -0.390 e. The second-order valence-corrected chi connectivity index (χ2v) is 7.66. The summed E-state index contributed by atoms with van der Waals surface area (Å²) < 4.78 is 27.8. The van der Waals surface area contributed by atoms with Crippen LogP contribution in [-0.2, 0) is 15.9 Å². The van der Waals surface area contributed by atoms with E-state index in [0.29, 0.717) is 30.5 Å². The van der Waals surface area contributed by atoms with Crippen LogP contribution in [0.3, 0.4) is 0 Å². The second-order valence-electron chi connectivity index (χ2n) is 5.21. The number of hydrogen-bond donors (Lipinski definition) is 1. The Morgan fingerprint density at radius 2 is 1.81 bits per heavy atom. The molecule has 0 saturated carbocycles. The van der Waals surface area contributed by atoms with Gasteiger partial charge in [0.2, 0.25) is 0 Å². The Morgan fingerprint density at radius 1 is 1.19 bits per heavy atom. The molecule has 0 unspecified atom stereocenters. The zero-order chi connectivity index (χ0) is 19.2. The van der Waals surface area contributed by atoms with Crippen LogP contribution in [0, 0.1) is 10.1 Å². The second kappa shape index (κ2) is 9.06. The highest BCUT2D eigenvalue weighted by Crippen LogP contribution is 2.20. The van der Waals surface area contributed by atoms with Crippen molar-refractivity contribution in [1.29, 1.82) is 0 Å². The maximum absolute atomic E-state index is 12.2. The number of halogens is 2. The van der Waals surface area contributed by atoms with Gasteiger partial charge in [0.05, 0.1) is 0 Å². The van der Waals surface area contributed by atoms with Gasteiger partial charge >= 0.3 is 5.95 Å². The zero-order valence-electron chi connectivity index (χ0n) is 13.6. The minimum absolute atomic E-state index is 0.341. The van der Waals surface area contributed by atoms with Gasteiger partial charge in [0.25, 0.3) is 10.0 Å². The van der Waals surface area contributed by atoms with Crippen LogP contribution in [-0.4, -0.2) is 47.7 Å². The Kier molecular flexibility index (Phi) is 7.06. The molecule has 0 atom stereocenters. The summed E-state index contributed by atoms with van der Waals surface area (Å²) >= 11 is 11.5. The summed E-state index contributed by atoms with van der Waals surface area (Å²) in [4.78, 5) is 15.6. The van der Waals surface area contributed by atoms with E-state index >= 15 is 0 Å². The van der Waals surface area contributed by atoms with Gasteiger partial charge in [-0.15, -0.1) is 23.2 Å². The monoisotopic (exact) mass is 421 g/mol. The van der Waals surface area contributed by atoms with Gasteiger partial charge in [0, 0.05) is 36.2 Å². The maximum Gasteiger partial charge on any atom is 0.435 e. The predicted octanol–water partition coefficient (Wildman–Crippen LogP) is 2.47. The molecule has 1 heterocycles. The number of alkyl halides is 2. The van der Waals surface area contributed by atoms with E-state index < -0.39 is 26.8 Å². The quantitative estimate of drug-likeness (QED) is 0.358. The van der Waals surface area contributed by atoms with E-state index in [1.54, 1.807) is 24.3 Å². The van der Waals surface area contributed by atoms with Crippen LogP contribution in [0.4, 0.5) is 17.3 Å². The lowest BCUT2D eigenvalue weighted by atomic mass is 10.2. The first kappa shape index (κ1) is 20.3. The Bertz CT molecular complexity index is 835. The average Bonchev–Trinajstić information content (AvgIpc) is 3.02. The van der Waals surface area contributed by atoms with Gasteiger partial charge in [-0.2, -0.15) is 0 Å². The minimum atomic E-state index is -3.85. The van der Waals surface area contributed by atoms with Crippen molar-refractivity contribution < 1.29 is 13.3 Å². The Morgan fingerprint density at radius 3 is 2.35 bits per heavy atom. The molecule has 0 fully saturated rings. The molecular weight excluding hydrogens is 405 g/mol. The zero-order valence-corrected chi connectivity index (χ0v) is 15.9. The molecule has 0 amide bonds. The van der Waals surface area contributed by atoms with Gasteiger partial charge in [-0.1, -0.05) is 4.98 Å². The maximum atomic E-state index is 12.2. The number of nitro groups is 1. The van der Waals surface area contributed by atoms with Crippen LogP contribution in [0.5, 0.6) is 0 Å². The van der Waals surface area contributed by atoms with E-state index in [1.165, 1.54) is 12.4 Å². The first-order valence-electron chi connectivity index (χ1n) is 7.49. The van der Waals surface area contributed by atoms with Crippen molar-refractivity contribution in [1.82, 2.24) is 9.55 Å². The lowest BCUT2D eigenvalue weighted by molar-refractivity contribution is -0.396. The molecule has 2 aromatic rings. The van der Waals surface area contributed by atoms with E-state index in [-0.39, 0.29) is 0 Å². The molecule has 0 bridgehead atoms. The molecule has 12 heteroatoms. The third kappa shape index (κ3) is 5.48. The van der Waals surface area contributed by atoms with Crippen LogP contribution >= 0.6 is 23.2 Å². The molecule has 1 N–H and O–H groups in total. The topological polar surface area (TPSA) is 110 Å². The van der Waals surface area contributed by atoms with E-state index in [4.69, 9.17) is 23.2 Å². The number of aromatic nitrogens is 2. The first-order valence-corrected chi connectivity index (χ1v) is 10.2. The molecule has 0 aliphatic heterocycles. The highest BCUT2D eigenvalue weighted by atomic mass is 35.5. The molecular formula is C14H17Cl2N5O4S. The van der Waals surface area contributed by atoms with Gasteiger partial charge in [-0.05, 0) is 29.2 Å². The fraction of sp³-hybridized carbons (Fsp3) is 0.357. The number of benzene rings is 1. The number of hydrogen-bond acceptors (Lipinski definition) is 6. The molecule has 0 spiro atoms. The van der Waals surface area contributed by atoms with E-state index in [1.807, 2.05) is 4.90 Å². The molecule has 1 aromatic heterocycles. The van der Waals surface area contributed by atoms with Crippen molar-refractivity contribution in [3.8, 4) is 0 Å². The van der Waals surface area contributed by atoms with Crippen LogP contribution in [0.1, 0.15) is 0 Å². The lowest BCUT2D eigenvalue weighted by Crippen LogP contribution is -2.27. The molecule has 0 saturated heterocycles. The molecule has 2 rings (SSSR count). The Labute approximate surface area is 160 Å². The molecule has 142 valence electrons. The predicted molar refractivity (Wildman–Crippen MR) is 102 cm³/mol. The Hall–Kier alpha value is -2.04. The fourth-order valence-electron chi connectivity index (χ4n) is 2.28. The molecule has 26 heavy (non-hydrogen) atoms. The first-order chi connectivity index (χ1) is 12.4. The SMILES string of the molecule is O=[N+]([O-])c1nccn1CS(=O)(=O)Nc1ccc(N(CCCl)CCCl)cc1. The van der Waals surface area contributed by atoms with Gasteiger partial charge in [-0.3, -0.25) is 4.72 Å². The molecule has 0 aliphatic carbocycles. The highest BCUT2D eigenvalue weighted by molar-refractivity contribution is 7.91. The summed E-state index contributed by atoms with van der Waals surface area (Å²) in [6.45, 7) is 1.23. The van der Waals surface area contributed by atoms with Crippen LogP contribution < -0.4 is 9.62 Å². The lowest BCUT2D eigenvalue weighted by Gasteiger charge is -2.23. The van der Waals surface area contributed by atoms with Gasteiger partial charge in [0.15, 0.2) is 5.88 Å². The van der Waals surface area contributed by atoms with Crippen LogP contribution in [0.25, 0.3) is 0 Å². The Balaban J connectivity index is 2.09. The summed E-state index contributed by atoms with van der Waals surface area (Å²) in [5, 5.41) is 10.8. The van der Waals surface area contributed by atoms with Crippen molar-refractivity contribution in [2.45, 2.75) is 5.88 Å². The highest BCUT2D eigenvalue weighted by Gasteiger charge is 2.21. The summed E-state index contributed by atoms with van der Waals surface area (Å²) in [6.07, 6.45) is 2.40.